The molecule has 0 aromatic carbocycles. The number of halogens is 1. The smallest absolute Gasteiger partial charge is 0.290 e. The Morgan fingerprint density at radius 3 is 2.83 bits per heavy atom. The van der Waals surface area contributed by atoms with E-state index in [9.17, 15) is 9.59 Å². The highest BCUT2D eigenvalue weighted by Crippen LogP contribution is 2.22. The van der Waals surface area contributed by atoms with E-state index in [1.165, 1.54) is 12.1 Å². The average molecular weight is 271 g/mol. The van der Waals surface area contributed by atoms with Crippen LogP contribution in [0.4, 0.5) is 0 Å². The summed E-state index contributed by atoms with van der Waals surface area (Å²) in [5.74, 6) is -0.244. The van der Waals surface area contributed by atoms with Crippen molar-refractivity contribution in [3.8, 4) is 0 Å². The minimum Gasteiger partial charge on any atom is -0.440 e. The van der Waals surface area contributed by atoms with E-state index in [0.29, 0.717) is 13.0 Å². The van der Waals surface area contributed by atoms with Crippen molar-refractivity contribution in [2.45, 2.75) is 25.3 Å². The van der Waals surface area contributed by atoms with Gasteiger partial charge >= 0.3 is 0 Å². The summed E-state index contributed by atoms with van der Waals surface area (Å²) < 4.78 is 5.10. The predicted molar refractivity (Wildman–Crippen MR) is 66.5 cm³/mol. The third kappa shape index (κ3) is 2.51. The van der Waals surface area contributed by atoms with Gasteiger partial charge in [-0.15, -0.1) is 0 Å². The van der Waals surface area contributed by atoms with Crippen LogP contribution in [-0.4, -0.2) is 36.3 Å². The lowest BCUT2D eigenvalue weighted by Crippen LogP contribution is -2.51. The zero-order valence-corrected chi connectivity index (χ0v) is 10.9. The summed E-state index contributed by atoms with van der Waals surface area (Å²) in [6.07, 6.45) is 2.52. The Hall–Kier alpha value is -1.49. The van der Waals surface area contributed by atoms with E-state index < -0.39 is 6.04 Å². The molecule has 0 aliphatic carbocycles. The van der Waals surface area contributed by atoms with E-state index in [2.05, 4.69) is 5.32 Å². The van der Waals surface area contributed by atoms with Gasteiger partial charge in [0.05, 0.1) is 0 Å². The fourth-order valence-corrected chi connectivity index (χ4v) is 2.33. The van der Waals surface area contributed by atoms with Gasteiger partial charge in [0, 0.05) is 13.6 Å². The summed E-state index contributed by atoms with van der Waals surface area (Å²) in [7, 11) is 1.57. The highest BCUT2D eigenvalue weighted by Gasteiger charge is 2.33. The maximum atomic E-state index is 12.2. The number of piperidine rings is 1. The minimum atomic E-state index is -0.417. The number of hydrogen-bond acceptors (Lipinski definition) is 3. The lowest BCUT2D eigenvalue weighted by molar-refractivity contribution is -0.126. The molecule has 0 bridgehead atoms. The Kier molecular flexibility index (Phi) is 3.91. The molecule has 6 heteroatoms. The molecule has 18 heavy (non-hydrogen) atoms. The molecule has 1 aromatic heterocycles. The molecule has 1 N–H and O–H groups in total. The fourth-order valence-electron chi connectivity index (χ4n) is 2.18. The molecule has 2 amide bonds. The van der Waals surface area contributed by atoms with Crippen molar-refractivity contribution >= 4 is 23.4 Å². The monoisotopic (exact) mass is 270 g/mol. The topological polar surface area (TPSA) is 62.6 Å². The standard InChI is InChI=1S/C12H15ClN2O3/c1-14-11(16)8-4-2-3-7-15(8)12(17)9-5-6-10(13)18-9/h5-6,8H,2-4,7H2,1H3,(H,14,16)/t8-/m1/s1. The first-order valence-electron chi connectivity index (χ1n) is 5.91. The first-order chi connectivity index (χ1) is 8.63. The number of amides is 2. The van der Waals surface area contributed by atoms with Gasteiger partial charge in [-0.3, -0.25) is 9.59 Å². The highest BCUT2D eigenvalue weighted by atomic mass is 35.5. The predicted octanol–water partition coefficient (Wildman–Crippen LogP) is 1.67. The normalized spacial score (nSPS) is 19.7. The first-order valence-corrected chi connectivity index (χ1v) is 6.29. The Morgan fingerprint density at radius 1 is 1.44 bits per heavy atom. The van der Waals surface area contributed by atoms with Crippen molar-refractivity contribution < 1.29 is 14.0 Å². The van der Waals surface area contributed by atoms with Crippen LogP contribution >= 0.6 is 11.6 Å². The lowest BCUT2D eigenvalue weighted by atomic mass is 10.0. The van der Waals surface area contributed by atoms with Crippen molar-refractivity contribution in [2.24, 2.45) is 0 Å². The Bertz CT molecular complexity index is 458. The second-order valence-corrected chi connectivity index (χ2v) is 4.60. The SMILES string of the molecule is CNC(=O)[C@H]1CCCCN1C(=O)c1ccc(Cl)o1. The Balaban J connectivity index is 2.18. The van der Waals surface area contributed by atoms with Gasteiger partial charge in [0.1, 0.15) is 6.04 Å². The number of nitrogens with one attached hydrogen (secondary N) is 1. The van der Waals surface area contributed by atoms with Crippen LogP contribution in [0, 0.1) is 0 Å². The van der Waals surface area contributed by atoms with Crippen LogP contribution in [0.15, 0.2) is 16.5 Å². The molecule has 5 nitrogen and oxygen atoms in total. The van der Waals surface area contributed by atoms with E-state index in [-0.39, 0.29) is 22.8 Å². The maximum absolute atomic E-state index is 12.2. The lowest BCUT2D eigenvalue weighted by Gasteiger charge is -2.33. The molecule has 0 radical (unpaired) electrons. The number of likely N-dealkylation sites (N-methyl/N-ethyl adjacent to an activating group) is 1. The third-order valence-corrected chi connectivity index (χ3v) is 3.30. The van der Waals surface area contributed by atoms with Gasteiger partial charge < -0.3 is 14.6 Å². The number of likely N-dealkylation sites (tertiary alicyclic amines) is 1. The summed E-state index contributed by atoms with van der Waals surface area (Å²) in [4.78, 5) is 25.5. The molecule has 1 fully saturated rings. The van der Waals surface area contributed by atoms with Crippen LogP contribution in [0.3, 0.4) is 0 Å². The molecule has 1 aliphatic heterocycles. The van der Waals surface area contributed by atoms with E-state index in [4.69, 9.17) is 16.0 Å². The van der Waals surface area contributed by atoms with Crippen LogP contribution in [0.5, 0.6) is 0 Å². The van der Waals surface area contributed by atoms with E-state index >= 15 is 0 Å². The van der Waals surface area contributed by atoms with Gasteiger partial charge in [0.15, 0.2) is 11.0 Å². The van der Waals surface area contributed by atoms with Gasteiger partial charge in [-0.1, -0.05) is 0 Å². The van der Waals surface area contributed by atoms with Crippen LogP contribution in [0.1, 0.15) is 29.8 Å². The summed E-state index contributed by atoms with van der Waals surface area (Å²) in [6, 6.07) is 2.63. The number of rotatable bonds is 2. The van der Waals surface area contributed by atoms with Crippen molar-refractivity contribution in [3.63, 3.8) is 0 Å². The van der Waals surface area contributed by atoms with Crippen molar-refractivity contribution in [1.29, 1.82) is 0 Å². The van der Waals surface area contributed by atoms with Gasteiger partial charge in [-0.25, -0.2) is 0 Å². The summed E-state index contributed by atoms with van der Waals surface area (Å²) >= 11 is 5.65. The second kappa shape index (κ2) is 5.44. The van der Waals surface area contributed by atoms with Crippen LogP contribution in [0.2, 0.25) is 5.22 Å². The van der Waals surface area contributed by atoms with E-state index in [1.54, 1.807) is 11.9 Å². The summed E-state index contributed by atoms with van der Waals surface area (Å²) in [5, 5.41) is 2.76. The molecule has 0 unspecified atom stereocenters. The van der Waals surface area contributed by atoms with Crippen molar-refractivity contribution in [1.82, 2.24) is 10.2 Å². The van der Waals surface area contributed by atoms with Gasteiger partial charge in [0.25, 0.3) is 5.91 Å². The van der Waals surface area contributed by atoms with Crippen LogP contribution in [-0.2, 0) is 4.79 Å². The largest absolute Gasteiger partial charge is 0.440 e. The first kappa shape index (κ1) is 13.0. The number of nitrogens with zero attached hydrogens (tertiary/aromatic N) is 1. The third-order valence-electron chi connectivity index (χ3n) is 3.10. The summed E-state index contributed by atoms with van der Waals surface area (Å²) in [5.41, 5.74) is 0. The number of furan rings is 1. The number of hydrogen-bond donors (Lipinski definition) is 1. The van der Waals surface area contributed by atoms with E-state index in [1.807, 2.05) is 0 Å². The highest BCUT2D eigenvalue weighted by molar-refractivity contribution is 6.29. The number of carbonyl (C=O) groups is 2. The van der Waals surface area contributed by atoms with Crippen molar-refractivity contribution in [2.75, 3.05) is 13.6 Å². The Morgan fingerprint density at radius 2 is 2.22 bits per heavy atom. The van der Waals surface area contributed by atoms with Crippen LogP contribution in [0.25, 0.3) is 0 Å². The molecule has 1 aromatic rings. The quantitative estimate of drug-likeness (QED) is 0.889. The molecule has 2 rings (SSSR count). The molecule has 0 spiro atoms. The fraction of sp³-hybridized carbons (Fsp3) is 0.500. The van der Waals surface area contributed by atoms with Gasteiger partial charge in [0.2, 0.25) is 5.91 Å². The Labute approximate surface area is 110 Å². The molecule has 1 aliphatic rings. The second-order valence-electron chi connectivity index (χ2n) is 4.23. The van der Waals surface area contributed by atoms with Gasteiger partial charge in [-0.2, -0.15) is 0 Å². The summed E-state index contributed by atoms with van der Waals surface area (Å²) in [6.45, 7) is 0.565. The molecule has 2 heterocycles. The minimum absolute atomic E-state index is 0.138. The average Bonchev–Trinajstić information content (AvgIpc) is 2.83. The molecule has 1 saturated heterocycles. The zero-order chi connectivity index (χ0) is 13.1. The molecule has 98 valence electrons. The molecule has 1 atom stereocenters. The van der Waals surface area contributed by atoms with Gasteiger partial charge in [-0.05, 0) is 43.0 Å². The van der Waals surface area contributed by atoms with Crippen molar-refractivity contribution in [3.05, 3.63) is 23.1 Å². The molecular formula is C12H15ClN2O3. The maximum Gasteiger partial charge on any atom is 0.290 e. The molecule has 0 saturated carbocycles. The van der Waals surface area contributed by atoms with E-state index in [0.717, 1.165) is 12.8 Å². The number of carbonyl (C=O) groups excluding carboxylic acids is 2. The van der Waals surface area contributed by atoms with Crippen LogP contribution < -0.4 is 5.32 Å². The zero-order valence-electron chi connectivity index (χ0n) is 10.1. The molecular weight excluding hydrogens is 256 g/mol.